The molecule has 0 aliphatic carbocycles. The Morgan fingerprint density at radius 3 is 2.52 bits per heavy atom. The molecule has 120 valence electrons. The van der Waals surface area contributed by atoms with Crippen molar-refractivity contribution in [2.24, 2.45) is 5.92 Å². The van der Waals surface area contributed by atoms with E-state index in [-0.39, 0.29) is 12.2 Å². The van der Waals surface area contributed by atoms with Gasteiger partial charge in [0.05, 0.1) is 10.8 Å². The molecule has 1 N–H and O–H groups in total. The number of nitrogens with zero attached hydrogens (tertiary/aromatic N) is 3. The largest absolute Gasteiger partial charge is 0.481 e. The fourth-order valence-electron chi connectivity index (χ4n) is 2.12. The van der Waals surface area contributed by atoms with Crippen molar-refractivity contribution in [3.05, 3.63) is 64.3 Å². The number of rotatable bonds is 7. The van der Waals surface area contributed by atoms with Crippen LogP contribution >= 0.6 is 0 Å². The van der Waals surface area contributed by atoms with Crippen LogP contribution in [0.15, 0.2) is 48.7 Å². The number of aliphatic carboxylic acids is 1. The molecule has 1 aromatic carbocycles. The van der Waals surface area contributed by atoms with E-state index in [0.29, 0.717) is 12.4 Å². The second-order valence-electron chi connectivity index (χ2n) is 5.24. The minimum absolute atomic E-state index is 0.0975. The van der Waals surface area contributed by atoms with Crippen molar-refractivity contribution >= 4 is 17.5 Å². The summed E-state index contributed by atoms with van der Waals surface area (Å²) < 4.78 is 0. The molecular formula is C16H17N3O4. The number of hydrogen-bond acceptors (Lipinski definition) is 5. The van der Waals surface area contributed by atoms with Crippen LogP contribution in [0.4, 0.5) is 11.5 Å². The monoisotopic (exact) mass is 315 g/mol. The zero-order chi connectivity index (χ0) is 16.8. The summed E-state index contributed by atoms with van der Waals surface area (Å²) in [4.78, 5) is 27.2. The van der Waals surface area contributed by atoms with E-state index in [1.807, 2.05) is 30.3 Å². The lowest BCUT2D eigenvalue weighted by Gasteiger charge is -2.25. The Balaban J connectivity index is 2.24. The number of carbonyl (C=O) groups is 1. The third kappa shape index (κ3) is 4.50. The minimum atomic E-state index is -0.898. The van der Waals surface area contributed by atoms with Crippen LogP contribution in [-0.2, 0) is 11.3 Å². The highest BCUT2D eigenvalue weighted by atomic mass is 16.6. The van der Waals surface area contributed by atoms with E-state index in [2.05, 4.69) is 4.98 Å². The van der Waals surface area contributed by atoms with Crippen molar-refractivity contribution in [2.75, 3.05) is 11.4 Å². The Morgan fingerprint density at radius 2 is 2.00 bits per heavy atom. The highest BCUT2D eigenvalue weighted by Gasteiger charge is 2.18. The number of aromatic nitrogens is 1. The molecular weight excluding hydrogens is 298 g/mol. The van der Waals surface area contributed by atoms with Crippen molar-refractivity contribution in [1.29, 1.82) is 0 Å². The molecule has 1 aromatic heterocycles. The van der Waals surface area contributed by atoms with Crippen LogP contribution < -0.4 is 4.90 Å². The van der Waals surface area contributed by atoms with Crippen LogP contribution in [0.1, 0.15) is 12.5 Å². The summed E-state index contributed by atoms with van der Waals surface area (Å²) in [5.41, 5.74) is 0.907. The highest BCUT2D eigenvalue weighted by molar-refractivity contribution is 5.70. The molecule has 0 aliphatic rings. The first kappa shape index (κ1) is 16.4. The predicted octanol–water partition coefficient (Wildman–Crippen LogP) is 2.72. The van der Waals surface area contributed by atoms with E-state index in [9.17, 15) is 14.9 Å². The quantitative estimate of drug-likeness (QED) is 0.623. The van der Waals surface area contributed by atoms with Gasteiger partial charge in [-0.15, -0.1) is 0 Å². The van der Waals surface area contributed by atoms with Crippen molar-refractivity contribution in [1.82, 2.24) is 4.98 Å². The van der Waals surface area contributed by atoms with Crippen molar-refractivity contribution in [3.63, 3.8) is 0 Å². The summed E-state index contributed by atoms with van der Waals surface area (Å²) in [7, 11) is 0. The molecule has 7 heteroatoms. The number of carboxylic acids is 1. The normalized spacial score (nSPS) is 11.7. The van der Waals surface area contributed by atoms with Gasteiger partial charge in [-0.2, -0.15) is 0 Å². The first-order valence-corrected chi connectivity index (χ1v) is 7.09. The van der Waals surface area contributed by atoms with Gasteiger partial charge in [-0.05, 0) is 11.6 Å². The maximum atomic E-state index is 11.1. The van der Waals surface area contributed by atoms with Crippen LogP contribution in [0.2, 0.25) is 0 Å². The van der Waals surface area contributed by atoms with Gasteiger partial charge in [-0.25, -0.2) is 4.98 Å². The third-order valence-electron chi connectivity index (χ3n) is 3.40. The molecule has 1 unspecified atom stereocenters. The summed E-state index contributed by atoms with van der Waals surface area (Å²) in [6, 6.07) is 12.5. The SMILES string of the molecule is CC(CN(Cc1ccccc1)c1ccc([N+](=O)[O-])cn1)C(=O)O. The maximum Gasteiger partial charge on any atom is 0.308 e. The molecule has 1 atom stereocenters. The fraction of sp³-hybridized carbons (Fsp3) is 0.250. The average molecular weight is 315 g/mol. The summed E-state index contributed by atoms with van der Waals surface area (Å²) in [5, 5.41) is 19.8. The summed E-state index contributed by atoms with van der Waals surface area (Å²) >= 11 is 0. The Labute approximate surface area is 133 Å². The van der Waals surface area contributed by atoms with Gasteiger partial charge in [0.2, 0.25) is 0 Å². The van der Waals surface area contributed by atoms with E-state index in [0.717, 1.165) is 5.56 Å². The Bertz CT molecular complexity index is 673. The van der Waals surface area contributed by atoms with Crippen LogP contribution in [0.5, 0.6) is 0 Å². The van der Waals surface area contributed by atoms with Gasteiger partial charge in [0, 0.05) is 19.2 Å². The number of carboxylic acid groups (broad SMARTS) is 1. The van der Waals surface area contributed by atoms with E-state index >= 15 is 0 Å². The van der Waals surface area contributed by atoms with Gasteiger partial charge in [0.1, 0.15) is 12.0 Å². The van der Waals surface area contributed by atoms with Crippen LogP contribution in [0.25, 0.3) is 0 Å². The van der Waals surface area contributed by atoms with Crippen molar-refractivity contribution in [3.8, 4) is 0 Å². The molecule has 0 radical (unpaired) electrons. The lowest BCUT2D eigenvalue weighted by Crippen LogP contribution is -2.32. The molecule has 0 spiro atoms. The molecule has 7 nitrogen and oxygen atoms in total. The molecule has 2 aromatic rings. The average Bonchev–Trinajstić information content (AvgIpc) is 2.55. The first-order chi connectivity index (χ1) is 11.0. The lowest BCUT2D eigenvalue weighted by molar-refractivity contribution is -0.385. The number of pyridine rings is 1. The van der Waals surface area contributed by atoms with Gasteiger partial charge >= 0.3 is 5.97 Å². The summed E-state index contributed by atoms with van der Waals surface area (Å²) in [5.74, 6) is -0.978. The molecule has 0 saturated carbocycles. The van der Waals surface area contributed by atoms with Crippen molar-refractivity contribution in [2.45, 2.75) is 13.5 Å². The second kappa shape index (κ2) is 7.35. The third-order valence-corrected chi connectivity index (χ3v) is 3.40. The van der Waals surface area contributed by atoms with Gasteiger partial charge < -0.3 is 10.0 Å². The number of anilines is 1. The molecule has 23 heavy (non-hydrogen) atoms. The van der Waals surface area contributed by atoms with E-state index < -0.39 is 16.8 Å². The number of hydrogen-bond donors (Lipinski definition) is 1. The summed E-state index contributed by atoms with van der Waals surface area (Å²) in [6.45, 7) is 2.35. The number of nitro groups is 1. The van der Waals surface area contributed by atoms with E-state index in [4.69, 9.17) is 5.11 Å². The zero-order valence-electron chi connectivity index (χ0n) is 12.6. The van der Waals surface area contributed by atoms with Crippen LogP contribution in [-0.4, -0.2) is 27.5 Å². The Hall–Kier alpha value is -2.96. The predicted molar refractivity (Wildman–Crippen MR) is 85.2 cm³/mol. The zero-order valence-corrected chi connectivity index (χ0v) is 12.6. The first-order valence-electron chi connectivity index (χ1n) is 7.09. The smallest absolute Gasteiger partial charge is 0.308 e. The Kier molecular flexibility index (Phi) is 5.24. The van der Waals surface area contributed by atoms with E-state index in [1.165, 1.54) is 18.3 Å². The minimum Gasteiger partial charge on any atom is -0.481 e. The molecule has 0 saturated heterocycles. The molecule has 0 amide bonds. The van der Waals surface area contributed by atoms with Crippen molar-refractivity contribution < 1.29 is 14.8 Å². The molecule has 1 heterocycles. The number of benzene rings is 1. The second-order valence-corrected chi connectivity index (χ2v) is 5.24. The molecule has 0 aliphatic heterocycles. The molecule has 0 fully saturated rings. The topological polar surface area (TPSA) is 96.6 Å². The van der Waals surface area contributed by atoms with Gasteiger partial charge in [-0.3, -0.25) is 14.9 Å². The molecule has 0 bridgehead atoms. The van der Waals surface area contributed by atoms with Crippen LogP contribution in [0, 0.1) is 16.0 Å². The van der Waals surface area contributed by atoms with Gasteiger partial charge in [0.15, 0.2) is 0 Å². The van der Waals surface area contributed by atoms with Crippen LogP contribution in [0.3, 0.4) is 0 Å². The lowest BCUT2D eigenvalue weighted by atomic mass is 10.1. The maximum absolute atomic E-state index is 11.1. The van der Waals surface area contributed by atoms with E-state index in [1.54, 1.807) is 11.8 Å². The van der Waals surface area contributed by atoms with Gasteiger partial charge in [0.25, 0.3) is 5.69 Å². The standard InChI is InChI=1S/C16H17N3O4/c1-12(16(20)21)10-18(11-13-5-3-2-4-6-13)15-8-7-14(9-17-15)19(22)23/h2-9,12H,10-11H2,1H3,(H,20,21). The Morgan fingerprint density at radius 1 is 1.30 bits per heavy atom. The summed E-state index contributed by atoms with van der Waals surface area (Å²) in [6.07, 6.45) is 1.18. The fourth-order valence-corrected chi connectivity index (χ4v) is 2.12. The highest BCUT2D eigenvalue weighted by Crippen LogP contribution is 2.19. The molecule has 2 rings (SSSR count). The van der Waals surface area contributed by atoms with Gasteiger partial charge in [-0.1, -0.05) is 37.3 Å².